The normalized spacial score (nSPS) is 19.0. The lowest BCUT2D eigenvalue weighted by molar-refractivity contribution is -0.115. The summed E-state index contributed by atoms with van der Waals surface area (Å²) in [6.07, 6.45) is 4.17. The van der Waals surface area contributed by atoms with Crippen LogP contribution in [0.4, 0.5) is 20.2 Å². The molecule has 5 rings (SSSR count). The number of halogens is 2. The quantitative estimate of drug-likeness (QED) is 0.376. The van der Waals surface area contributed by atoms with Crippen molar-refractivity contribution < 1.29 is 23.2 Å². The first kappa shape index (κ1) is 30.2. The molecule has 0 aromatic heterocycles. The molecule has 226 valence electrons. The van der Waals surface area contributed by atoms with E-state index >= 15 is 0 Å². The summed E-state index contributed by atoms with van der Waals surface area (Å²) >= 11 is 0. The van der Waals surface area contributed by atoms with Gasteiger partial charge in [-0.05, 0) is 68.0 Å². The fraction of sp³-hybridized carbons (Fsp3) is 0.364. The van der Waals surface area contributed by atoms with Crippen molar-refractivity contribution in [3.63, 3.8) is 0 Å². The van der Waals surface area contributed by atoms with Gasteiger partial charge in [0.25, 0.3) is 11.8 Å². The van der Waals surface area contributed by atoms with Gasteiger partial charge in [0.15, 0.2) is 0 Å². The van der Waals surface area contributed by atoms with Gasteiger partial charge in [0, 0.05) is 55.5 Å². The lowest BCUT2D eigenvalue weighted by Gasteiger charge is -2.28. The molecule has 0 atom stereocenters. The topological polar surface area (TPSA) is 108 Å². The number of amides is 3. The number of anilines is 2. The Bertz CT molecular complexity index is 1440. The van der Waals surface area contributed by atoms with Crippen LogP contribution in [0, 0.1) is 11.6 Å². The molecule has 1 aliphatic carbocycles. The fourth-order valence-corrected chi connectivity index (χ4v) is 5.78. The van der Waals surface area contributed by atoms with Crippen LogP contribution in [0.15, 0.2) is 66.7 Å². The fourth-order valence-electron chi connectivity index (χ4n) is 5.78. The second-order valence-electron chi connectivity index (χ2n) is 11.3. The largest absolute Gasteiger partial charge is 0.368 e. The van der Waals surface area contributed by atoms with Crippen LogP contribution < -0.4 is 21.3 Å². The number of hydrogen-bond donors (Lipinski definition) is 3. The molecule has 1 aliphatic heterocycles. The molecular weight excluding hydrogens is 552 g/mol. The number of benzene rings is 3. The number of carbonyl (C=O) groups excluding carboxylic acids is 3. The van der Waals surface area contributed by atoms with Crippen LogP contribution in [0.3, 0.4) is 0 Å². The molecule has 43 heavy (non-hydrogen) atoms. The Labute approximate surface area is 250 Å². The summed E-state index contributed by atoms with van der Waals surface area (Å²) in [5, 5.41) is 6.12. The van der Waals surface area contributed by atoms with Gasteiger partial charge in [-0.2, -0.15) is 0 Å². The van der Waals surface area contributed by atoms with E-state index in [1.807, 2.05) is 36.4 Å². The van der Waals surface area contributed by atoms with Crippen molar-refractivity contribution in [2.75, 3.05) is 36.4 Å². The van der Waals surface area contributed by atoms with E-state index in [0.717, 1.165) is 55.1 Å². The summed E-state index contributed by atoms with van der Waals surface area (Å²) in [6, 6.07) is 17.7. The van der Waals surface area contributed by atoms with E-state index in [0.29, 0.717) is 43.9 Å². The second-order valence-corrected chi connectivity index (χ2v) is 11.3. The summed E-state index contributed by atoms with van der Waals surface area (Å²) in [5.41, 5.74) is 8.52. The SMILES string of the molecule is NC1CCC(NC(=O)c2ccc(N3CCCN(C(=O)c4cc(F)cc(F)c4)CC3)c(NC(=O)Cc3ccccc3)c2)CC1. The number of nitrogens with zero attached hydrogens (tertiary/aromatic N) is 2. The molecule has 0 radical (unpaired) electrons. The van der Waals surface area contributed by atoms with Crippen LogP contribution in [0.1, 0.15) is 58.4 Å². The number of nitrogens with one attached hydrogen (secondary N) is 2. The van der Waals surface area contributed by atoms with Crippen LogP contribution >= 0.6 is 0 Å². The second kappa shape index (κ2) is 13.8. The maximum atomic E-state index is 13.8. The Morgan fingerprint density at radius 1 is 0.814 bits per heavy atom. The standard InChI is InChI=1S/C33H37F2N5O3/c34-25-18-24(19-26(35)21-25)33(43)40-14-4-13-39(15-16-40)30-12-7-23(32(42)37-28-10-8-27(36)9-11-28)20-29(30)38-31(41)17-22-5-2-1-3-6-22/h1-3,5-7,12,18-21,27-28H,4,8-11,13-17,36H2,(H,37,42)(H,38,41). The molecule has 2 fully saturated rings. The van der Waals surface area contributed by atoms with Crippen molar-refractivity contribution in [1.29, 1.82) is 0 Å². The molecule has 1 heterocycles. The molecule has 10 heteroatoms. The number of nitrogens with two attached hydrogens (primary N) is 1. The van der Waals surface area contributed by atoms with Crippen LogP contribution in [0.2, 0.25) is 0 Å². The summed E-state index contributed by atoms with van der Waals surface area (Å²) < 4.78 is 27.5. The third-order valence-corrected chi connectivity index (χ3v) is 8.08. The minimum atomic E-state index is -0.799. The highest BCUT2D eigenvalue weighted by atomic mass is 19.1. The highest BCUT2D eigenvalue weighted by Gasteiger charge is 2.25. The minimum absolute atomic E-state index is 0.0323. The number of rotatable bonds is 7. The summed E-state index contributed by atoms with van der Waals surface area (Å²) in [5.74, 6) is -2.46. The molecular formula is C33H37F2N5O3. The summed E-state index contributed by atoms with van der Waals surface area (Å²) in [6.45, 7) is 1.74. The van der Waals surface area contributed by atoms with Gasteiger partial charge in [-0.25, -0.2) is 8.78 Å². The molecule has 3 aromatic rings. The molecule has 1 saturated heterocycles. The Morgan fingerprint density at radius 3 is 2.26 bits per heavy atom. The highest BCUT2D eigenvalue weighted by molar-refractivity contribution is 6.00. The summed E-state index contributed by atoms with van der Waals surface area (Å²) in [4.78, 5) is 43.0. The number of carbonyl (C=O) groups is 3. The van der Waals surface area contributed by atoms with Crippen molar-refractivity contribution in [2.45, 2.75) is 50.6 Å². The molecule has 0 unspecified atom stereocenters. The predicted octanol–water partition coefficient (Wildman–Crippen LogP) is 4.50. The molecule has 8 nitrogen and oxygen atoms in total. The van der Waals surface area contributed by atoms with Gasteiger partial charge < -0.3 is 26.2 Å². The van der Waals surface area contributed by atoms with Gasteiger partial charge in [-0.15, -0.1) is 0 Å². The van der Waals surface area contributed by atoms with Crippen molar-refractivity contribution in [3.8, 4) is 0 Å². The van der Waals surface area contributed by atoms with E-state index in [1.165, 1.54) is 0 Å². The third kappa shape index (κ3) is 7.95. The molecule has 3 aromatic carbocycles. The van der Waals surface area contributed by atoms with Crippen molar-refractivity contribution >= 4 is 29.1 Å². The molecule has 4 N–H and O–H groups in total. The first-order valence-electron chi connectivity index (χ1n) is 14.8. The molecule has 0 bridgehead atoms. The Kier molecular flexibility index (Phi) is 9.66. The Morgan fingerprint density at radius 2 is 1.53 bits per heavy atom. The molecule has 2 aliphatic rings. The molecule has 1 saturated carbocycles. The highest BCUT2D eigenvalue weighted by Crippen LogP contribution is 2.29. The van der Waals surface area contributed by atoms with Crippen LogP contribution in [0.5, 0.6) is 0 Å². The average Bonchev–Trinajstić information content (AvgIpc) is 3.24. The smallest absolute Gasteiger partial charge is 0.254 e. The van der Waals surface area contributed by atoms with Gasteiger partial charge >= 0.3 is 0 Å². The zero-order chi connectivity index (χ0) is 30.3. The first-order chi connectivity index (χ1) is 20.7. The van der Waals surface area contributed by atoms with Crippen molar-refractivity contribution in [3.05, 3.63) is 95.1 Å². The van der Waals surface area contributed by atoms with Crippen molar-refractivity contribution in [1.82, 2.24) is 10.2 Å². The maximum absolute atomic E-state index is 13.8. The van der Waals surface area contributed by atoms with Gasteiger partial charge in [-0.3, -0.25) is 14.4 Å². The molecule has 3 amide bonds. The lowest BCUT2D eigenvalue weighted by Crippen LogP contribution is -2.40. The Hall–Kier alpha value is -4.31. The summed E-state index contributed by atoms with van der Waals surface area (Å²) in [7, 11) is 0. The van der Waals surface area contributed by atoms with E-state index in [9.17, 15) is 23.2 Å². The maximum Gasteiger partial charge on any atom is 0.254 e. The van der Waals surface area contributed by atoms with Gasteiger partial charge in [0.1, 0.15) is 11.6 Å². The van der Waals surface area contributed by atoms with Crippen LogP contribution in [-0.4, -0.2) is 60.9 Å². The van der Waals surface area contributed by atoms with E-state index in [2.05, 4.69) is 15.5 Å². The van der Waals surface area contributed by atoms with Crippen molar-refractivity contribution in [2.24, 2.45) is 5.73 Å². The number of hydrogen-bond acceptors (Lipinski definition) is 5. The van der Waals surface area contributed by atoms with Gasteiger partial charge in [-0.1, -0.05) is 30.3 Å². The van der Waals surface area contributed by atoms with E-state index in [1.54, 1.807) is 17.0 Å². The zero-order valence-corrected chi connectivity index (χ0v) is 24.0. The molecule has 0 spiro atoms. The first-order valence-corrected chi connectivity index (χ1v) is 14.8. The van der Waals surface area contributed by atoms with E-state index in [4.69, 9.17) is 5.73 Å². The predicted molar refractivity (Wildman–Crippen MR) is 162 cm³/mol. The Balaban J connectivity index is 1.34. The lowest BCUT2D eigenvalue weighted by atomic mass is 9.91. The van der Waals surface area contributed by atoms with E-state index < -0.39 is 17.5 Å². The average molecular weight is 590 g/mol. The van der Waals surface area contributed by atoms with Gasteiger partial charge in [0.05, 0.1) is 17.8 Å². The van der Waals surface area contributed by atoms with Crippen LogP contribution in [-0.2, 0) is 11.2 Å². The monoisotopic (exact) mass is 589 g/mol. The van der Waals surface area contributed by atoms with Crippen LogP contribution in [0.25, 0.3) is 0 Å². The zero-order valence-electron chi connectivity index (χ0n) is 24.0. The van der Waals surface area contributed by atoms with E-state index in [-0.39, 0.29) is 35.9 Å². The minimum Gasteiger partial charge on any atom is -0.368 e. The van der Waals surface area contributed by atoms with Gasteiger partial charge in [0.2, 0.25) is 5.91 Å². The third-order valence-electron chi connectivity index (χ3n) is 8.08.